The highest BCUT2D eigenvalue weighted by atomic mass is 19.1. The first-order chi connectivity index (χ1) is 9.31. The molecule has 0 aliphatic rings. The molecule has 0 atom stereocenters. The molecule has 1 rings (SSSR count). The lowest BCUT2D eigenvalue weighted by atomic mass is 10.2. The number of nitrogens with zero attached hydrogens (tertiary/aromatic N) is 2. The summed E-state index contributed by atoms with van der Waals surface area (Å²) in [6.45, 7) is 3.79. The Morgan fingerprint density at radius 3 is 2.25 bits per heavy atom. The molecular weight excluding hydrogens is 263 g/mol. The lowest BCUT2D eigenvalue weighted by Gasteiger charge is -2.28. The van der Waals surface area contributed by atoms with Crippen molar-refractivity contribution in [1.29, 1.82) is 0 Å². The molecule has 5 nitrogen and oxygen atoms in total. The molecule has 0 bridgehead atoms. The number of hydrogen-bond donors (Lipinski definition) is 1. The second-order valence-corrected chi connectivity index (χ2v) is 4.99. The predicted molar refractivity (Wildman–Crippen MR) is 74.2 cm³/mol. The monoisotopic (exact) mass is 282 g/mol. The lowest BCUT2D eigenvalue weighted by Crippen LogP contribution is -2.45. The summed E-state index contributed by atoms with van der Waals surface area (Å²) in [7, 11) is 1.53. The molecule has 0 unspecified atom stereocenters. The van der Waals surface area contributed by atoms with Crippen LogP contribution < -0.4 is 4.90 Å². The van der Waals surface area contributed by atoms with Crippen molar-refractivity contribution in [2.75, 3.05) is 25.0 Å². The Balaban J connectivity index is 2.87. The minimum atomic E-state index is -1.06. The molecule has 0 aliphatic heterocycles. The first kappa shape index (κ1) is 15.9. The third-order valence-electron chi connectivity index (χ3n) is 2.68. The molecule has 0 heterocycles. The van der Waals surface area contributed by atoms with Crippen LogP contribution in [0.1, 0.15) is 13.8 Å². The predicted octanol–water partition coefficient (Wildman–Crippen LogP) is 2.42. The Labute approximate surface area is 117 Å². The van der Waals surface area contributed by atoms with Gasteiger partial charge in [0.1, 0.15) is 12.4 Å². The van der Waals surface area contributed by atoms with E-state index in [1.54, 1.807) is 0 Å². The number of anilines is 1. The van der Waals surface area contributed by atoms with E-state index in [1.807, 2.05) is 13.8 Å². The number of aliphatic carboxylic acids is 1. The quantitative estimate of drug-likeness (QED) is 0.902. The molecule has 6 heteroatoms. The Morgan fingerprint density at radius 2 is 1.80 bits per heavy atom. The van der Waals surface area contributed by atoms with E-state index in [2.05, 4.69) is 0 Å². The van der Waals surface area contributed by atoms with Crippen molar-refractivity contribution in [3.8, 4) is 0 Å². The molecule has 0 aliphatic carbocycles. The molecule has 2 amide bonds. The molecule has 20 heavy (non-hydrogen) atoms. The molecule has 1 aromatic carbocycles. The van der Waals surface area contributed by atoms with Crippen molar-refractivity contribution in [1.82, 2.24) is 4.90 Å². The Morgan fingerprint density at radius 1 is 1.25 bits per heavy atom. The number of benzene rings is 1. The second kappa shape index (κ2) is 6.88. The summed E-state index contributed by atoms with van der Waals surface area (Å²) in [5.74, 6) is -1.30. The van der Waals surface area contributed by atoms with Crippen LogP contribution in [0.15, 0.2) is 24.3 Å². The fourth-order valence-electron chi connectivity index (χ4n) is 1.80. The summed E-state index contributed by atoms with van der Waals surface area (Å²) in [6.07, 6.45) is 0. The van der Waals surface area contributed by atoms with Crippen LogP contribution >= 0.6 is 0 Å². The molecule has 0 fully saturated rings. The maximum atomic E-state index is 12.9. The molecule has 0 saturated heterocycles. The smallest absolute Gasteiger partial charge is 0.324 e. The third-order valence-corrected chi connectivity index (χ3v) is 2.68. The highest BCUT2D eigenvalue weighted by Crippen LogP contribution is 2.15. The summed E-state index contributed by atoms with van der Waals surface area (Å²) in [4.78, 5) is 25.7. The van der Waals surface area contributed by atoms with Gasteiger partial charge in [-0.15, -0.1) is 0 Å². The van der Waals surface area contributed by atoms with Crippen LogP contribution in [0.5, 0.6) is 0 Å². The summed E-state index contributed by atoms with van der Waals surface area (Å²) >= 11 is 0. The summed E-state index contributed by atoms with van der Waals surface area (Å²) in [6, 6.07) is 5.03. The molecule has 0 saturated carbocycles. The number of rotatable bonds is 5. The number of carbonyl (C=O) groups excluding carboxylic acids is 1. The van der Waals surface area contributed by atoms with Gasteiger partial charge in [-0.1, -0.05) is 13.8 Å². The summed E-state index contributed by atoms with van der Waals surface area (Å²) in [5.41, 5.74) is 0.510. The fourth-order valence-corrected chi connectivity index (χ4v) is 1.80. The highest BCUT2D eigenvalue weighted by molar-refractivity contribution is 5.93. The standard InChI is InChI=1S/C14H19FN2O3/c1-10(2)8-17(9-13(18)19)14(20)16(3)12-6-4-11(15)5-7-12/h4-7,10H,8-9H2,1-3H3,(H,18,19). The topological polar surface area (TPSA) is 60.9 Å². The van der Waals surface area contributed by atoms with E-state index in [0.717, 1.165) is 0 Å². The number of halogens is 1. The van der Waals surface area contributed by atoms with Crippen molar-refractivity contribution in [2.45, 2.75) is 13.8 Å². The van der Waals surface area contributed by atoms with Crippen molar-refractivity contribution in [3.63, 3.8) is 0 Å². The van der Waals surface area contributed by atoms with E-state index < -0.39 is 12.0 Å². The number of carboxylic acids is 1. The van der Waals surface area contributed by atoms with Crippen molar-refractivity contribution < 1.29 is 19.1 Å². The van der Waals surface area contributed by atoms with Crippen LogP contribution in [0.2, 0.25) is 0 Å². The number of urea groups is 1. The van der Waals surface area contributed by atoms with Crippen molar-refractivity contribution >= 4 is 17.7 Å². The maximum Gasteiger partial charge on any atom is 0.324 e. The number of carbonyl (C=O) groups is 2. The van der Waals surface area contributed by atoms with Crippen LogP contribution in [-0.4, -0.2) is 42.1 Å². The molecule has 1 N–H and O–H groups in total. The highest BCUT2D eigenvalue weighted by Gasteiger charge is 2.22. The largest absolute Gasteiger partial charge is 0.480 e. The van der Waals surface area contributed by atoms with Crippen LogP contribution in [0, 0.1) is 11.7 Å². The number of hydrogen-bond acceptors (Lipinski definition) is 2. The first-order valence-electron chi connectivity index (χ1n) is 6.31. The first-order valence-corrected chi connectivity index (χ1v) is 6.31. The van der Waals surface area contributed by atoms with Crippen LogP contribution in [0.25, 0.3) is 0 Å². The zero-order valence-electron chi connectivity index (χ0n) is 11.8. The van der Waals surface area contributed by atoms with Gasteiger partial charge in [0.2, 0.25) is 0 Å². The van der Waals surface area contributed by atoms with Crippen LogP contribution in [0.3, 0.4) is 0 Å². The van der Waals surface area contributed by atoms with Gasteiger partial charge < -0.3 is 10.0 Å². The third kappa shape index (κ3) is 4.53. The van der Waals surface area contributed by atoms with Gasteiger partial charge in [-0.05, 0) is 30.2 Å². The van der Waals surface area contributed by atoms with Crippen LogP contribution in [-0.2, 0) is 4.79 Å². The molecule has 0 aromatic heterocycles. The molecule has 0 radical (unpaired) electrons. The van der Waals surface area contributed by atoms with E-state index in [-0.39, 0.29) is 18.3 Å². The summed E-state index contributed by atoms with van der Waals surface area (Å²) in [5, 5.41) is 8.87. The van der Waals surface area contributed by atoms with Gasteiger partial charge in [-0.2, -0.15) is 0 Å². The van der Waals surface area contributed by atoms with E-state index in [0.29, 0.717) is 12.2 Å². The van der Waals surface area contributed by atoms with E-state index in [4.69, 9.17) is 5.11 Å². The number of amides is 2. The molecular formula is C14H19FN2O3. The van der Waals surface area contributed by atoms with Gasteiger partial charge in [-0.25, -0.2) is 9.18 Å². The van der Waals surface area contributed by atoms with Gasteiger partial charge in [0.05, 0.1) is 0 Å². The molecule has 0 spiro atoms. The zero-order chi connectivity index (χ0) is 15.3. The Bertz CT molecular complexity index is 474. The van der Waals surface area contributed by atoms with Crippen molar-refractivity contribution in [2.24, 2.45) is 5.92 Å². The average molecular weight is 282 g/mol. The van der Waals surface area contributed by atoms with Crippen LogP contribution in [0.4, 0.5) is 14.9 Å². The summed E-state index contributed by atoms with van der Waals surface area (Å²) < 4.78 is 12.9. The fraction of sp³-hybridized carbons (Fsp3) is 0.429. The van der Waals surface area contributed by atoms with Gasteiger partial charge in [0, 0.05) is 19.3 Å². The average Bonchev–Trinajstić information content (AvgIpc) is 2.36. The van der Waals surface area contributed by atoms with Gasteiger partial charge in [0.25, 0.3) is 0 Å². The van der Waals surface area contributed by atoms with E-state index in [9.17, 15) is 14.0 Å². The Kier molecular flexibility index (Phi) is 5.49. The van der Waals surface area contributed by atoms with E-state index >= 15 is 0 Å². The van der Waals surface area contributed by atoms with E-state index in [1.165, 1.54) is 41.1 Å². The molecule has 110 valence electrons. The van der Waals surface area contributed by atoms with Gasteiger partial charge in [-0.3, -0.25) is 9.69 Å². The van der Waals surface area contributed by atoms with Crippen molar-refractivity contribution in [3.05, 3.63) is 30.1 Å². The number of carboxylic acid groups (broad SMARTS) is 1. The van der Waals surface area contributed by atoms with Gasteiger partial charge >= 0.3 is 12.0 Å². The Hall–Kier alpha value is -2.11. The molecule has 1 aromatic rings. The SMILES string of the molecule is CC(C)CN(CC(=O)O)C(=O)N(C)c1ccc(F)cc1. The lowest BCUT2D eigenvalue weighted by molar-refractivity contribution is -0.137. The maximum absolute atomic E-state index is 12.9. The normalized spacial score (nSPS) is 10.4. The second-order valence-electron chi connectivity index (χ2n) is 4.99. The zero-order valence-corrected chi connectivity index (χ0v) is 11.8. The van der Waals surface area contributed by atoms with Gasteiger partial charge in [0.15, 0.2) is 0 Å². The minimum Gasteiger partial charge on any atom is -0.480 e. The minimum absolute atomic E-state index is 0.153.